The molecule has 0 saturated carbocycles. The number of carbonyl (C=O) groups is 1. The topological polar surface area (TPSA) is 58.6 Å². The maximum Gasteiger partial charge on any atom is 0.307 e. The predicted octanol–water partition coefficient (Wildman–Crippen LogP) is 1.96. The molecule has 0 saturated heterocycles. The lowest BCUT2D eigenvalue weighted by Crippen LogP contribution is -2.37. The second-order valence-electron chi connectivity index (χ2n) is 4.70. The number of hydrogen-bond donors (Lipinski definition) is 2. The Labute approximate surface area is 114 Å². The van der Waals surface area contributed by atoms with Crippen LogP contribution in [0.1, 0.15) is 37.0 Å². The molecule has 0 spiro atoms. The fraction of sp³-hybridized carbons (Fsp3) is 0.533. The molecule has 0 aliphatic rings. The molecule has 4 nitrogen and oxygen atoms in total. The van der Waals surface area contributed by atoms with Crippen LogP contribution in [-0.4, -0.2) is 30.8 Å². The van der Waals surface area contributed by atoms with Crippen molar-refractivity contribution in [2.45, 2.75) is 38.8 Å². The Hall–Kier alpha value is -1.39. The highest BCUT2D eigenvalue weighted by Crippen LogP contribution is 2.20. The van der Waals surface area contributed by atoms with Gasteiger partial charge in [0.1, 0.15) is 0 Å². The largest absolute Gasteiger partial charge is 0.469 e. The Morgan fingerprint density at radius 1 is 1.37 bits per heavy atom. The molecule has 1 aromatic carbocycles. The van der Waals surface area contributed by atoms with Crippen LogP contribution in [0.15, 0.2) is 24.3 Å². The number of carbonyl (C=O) groups excluding carboxylic acids is 1. The van der Waals surface area contributed by atoms with E-state index in [1.165, 1.54) is 7.11 Å². The van der Waals surface area contributed by atoms with E-state index in [1.54, 1.807) is 0 Å². The summed E-state index contributed by atoms with van der Waals surface area (Å²) in [4.78, 5) is 11.4. The van der Waals surface area contributed by atoms with Gasteiger partial charge in [0.05, 0.1) is 19.6 Å². The van der Waals surface area contributed by atoms with Crippen molar-refractivity contribution in [1.82, 2.24) is 5.32 Å². The Morgan fingerprint density at radius 3 is 2.53 bits per heavy atom. The maximum atomic E-state index is 11.4. The highest BCUT2D eigenvalue weighted by molar-refractivity contribution is 5.70. The molecular weight excluding hydrogens is 242 g/mol. The zero-order chi connectivity index (χ0) is 14.3. The van der Waals surface area contributed by atoms with Crippen molar-refractivity contribution in [2.24, 2.45) is 0 Å². The Balaban J connectivity index is 2.77. The van der Waals surface area contributed by atoms with Crippen LogP contribution in [0.2, 0.25) is 0 Å². The van der Waals surface area contributed by atoms with Crippen LogP contribution in [-0.2, 0) is 9.53 Å². The molecule has 2 unspecified atom stereocenters. The number of ether oxygens (including phenoxy) is 1. The molecule has 4 heteroatoms. The van der Waals surface area contributed by atoms with E-state index < -0.39 is 6.10 Å². The zero-order valence-electron chi connectivity index (χ0n) is 11.8. The van der Waals surface area contributed by atoms with Crippen LogP contribution in [0.25, 0.3) is 0 Å². The first-order valence-corrected chi connectivity index (χ1v) is 6.63. The van der Waals surface area contributed by atoms with Crippen LogP contribution in [0.5, 0.6) is 0 Å². The summed E-state index contributed by atoms with van der Waals surface area (Å²) in [6, 6.07) is 7.35. The smallest absolute Gasteiger partial charge is 0.307 e. The summed E-state index contributed by atoms with van der Waals surface area (Å²) in [7, 11) is 1.36. The van der Waals surface area contributed by atoms with Crippen LogP contribution in [0, 0.1) is 6.92 Å². The lowest BCUT2D eigenvalue weighted by Gasteiger charge is -2.23. The minimum atomic E-state index is -0.716. The van der Waals surface area contributed by atoms with Crippen molar-refractivity contribution < 1.29 is 14.6 Å². The number of aryl methyl sites for hydroxylation is 1. The number of esters is 1. The zero-order valence-corrected chi connectivity index (χ0v) is 11.8. The minimum Gasteiger partial charge on any atom is -0.469 e. The SMILES string of the molecule is CCCNC(CC(=O)OC)C(O)c1ccc(C)cc1. The number of rotatable bonds is 7. The van der Waals surface area contributed by atoms with E-state index in [0.717, 1.165) is 24.1 Å². The number of nitrogens with one attached hydrogen (secondary N) is 1. The maximum absolute atomic E-state index is 11.4. The molecule has 0 amide bonds. The Bertz CT molecular complexity index is 389. The summed E-state index contributed by atoms with van der Waals surface area (Å²) in [5, 5.41) is 13.6. The highest BCUT2D eigenvalue weighted by Gasteiger charge is 2.23. The van der Waals surface area contributed by atoms with E-state index >= 15 is 0 Å². The van der Waals surface area contributed by atoms with Crippen LogP contribution in [0.4, 0.5) is 0 Å². The van der Waals surface area contributed by atoms with Crippen molar-refractivity contribution in [1.29, 1.82) is 0 Å². The third-order valence-corrected chi connectivity index (χ3v) is 3.07. The molecule has 0 aromatic heterocycles. The summed E-state index contributed by atoms with van der Waals surface area (Å²) in [5.74, 6) is -0.320. The quantitative estimate of drug-likeness (QED) is 0.740. The van der Waals surface area contributed by atoms with Crippen LogP contribution < -0.4 is 5.32 Å². The normalized spacial score (nSPS) is 13.9. The lowest BCUT2D eigenvalue weighted by molar-refractivity contribution is -0.142. The number of benzene rings is 1. The highest BCUT2D eigenvalue weighted by atomic mass is 16.5. The molecule has 0 heterocycles. The number of aliphatic hydroxyl groups is 1. The first-order chi connectivity index (χ1) is 9.08. The lowest BCUT2D eigenvalue weighted by atomic mass is 9.98. The van der Waals surface area contributed by atoms with Gasteiger partial charge in [-0.1, -0.05) is 36.8 Å². The molecule has 2 N–H and O–H groups in total. The molecule has 0 aliphatic carbocycles. The fourth-order valence-electron chi connectivity index (χ4n) is 1.88. The number of methoxy groups -OCH3 is 1. The average molecular weight is 265 g/mol. The van der Waals surface area contributed by atoms with Gasteiger partial charge in [-0.05, 0) is 25.5 Å². The van der Waals surface area contributed by atoms with Gasteiger partial charge in [-0.15, -0.1) is 0 Å². The van der Waals surface area contributed by atoms with Crippen molar-refractivity contribution in [3.8, 4) is 0 Å². The van der Waals surface area contributed by atoms with Crippen molar-refractivity contribution >= 4 is 5.97 Å². The summed E-state index contributed by atoms with van der Waals surface area (Å²) in [5.41, 5.74) is 1.95. The van der Waals surface area contributed by atoms with Gasteiger partial charge in [-0.25, -0.2) is 0 Å². The van der Waals surface area contributed by atoms with E-state index in [0.29, 0.717) is 0 Å². The number of hydrogen-bond acceptors (Lipinski definition) is 4. The minimum absolute atomic E-state index is 0.158. The third-order valence-electron chi connectivity index (χ3n) is 3.07. The molecule has 0 bridgehead atoms. The summed E-state index contributed by atoms with van der Waals surface area (Å²) >= 11 is 0. The molecule has 1 rings (SSSR count). The fourth-order valence-corrected chi connectivity index (χ4v) is 1.88. The van der Waals surface area contributed by atoms with Gasteiger partial charge in [-0.2, -0.15) is 0 Å². The van der Waals surface area contributed by atoms with Gasteiger partial charge < -0.3 is 15.2 Å². The van der Waals surface area contributed by atoms with Gasteiger partial charge >= 0.3 is 5.97 Å². The van der Waals surface area contributed by atoms with Crippen molar-refractivity contribution in [2.75, 3.05) is 13.7 Å². The van der Waals surface area contributed by atoms with E-state index in [4.69, 9.17) is 0 Å². The molecular formula is C15H23NO3. The van der Waals surface area contributed by atoms with Gasteiger partial charge in [-0.3, -0.25) is 4.79 Å². The Kier molecular flexibility index (Phi) is 6.53. The third kappa shape index (κ3) is 5.01. The van der Waals surface area contributed by atoms with E-state index in [1.807, 2.05) is 38.1 Å². The molecule has 1 aromatic rings. The van der Waals surface area contributed by atoms with Gasteiger partial charge in [0, 0.05) is 6.04 Å². The molecule has 106 valence electrons. The summed E-state index contributed by atoms with van der Waals surface area (Å²) in [6.07, 6.45) is 0.385. The molecule has 0 radical (unpaired) electrons. The second kappa shape index (κ2) is 7.92. The van der Waals surface area contributed by atoms with E-state index in [2.05, 4.69) is 10.1 Å². The van der Waals surface area contributed by atoms with E-state index in [-0.39, 0.29) is 18.4 Å². The molecule has 0 aliphatic heterocycles. The van der Waals surface area contributed by atoms with Gasteiger partial charge in [0.2, 0.25) is 0 Å². The second-order valence-corrected chi connectivity index (χ2v) is 4.70. The standard InChI is InChI=1S/C15H23NO3/c1-4-9-16-13(10-14(17)19-3)15(18)12-7-5-11(2)6-8-12/h5-8,13,15-16,18H,4,9-10H2,1-3H3. The first-order valence-electron chi connectivity index (χ1n) is 6.63. The molecule has 19 heavy (non-hydrogen) atoms. The summed E-state index contributed by atoms with van der Waals surface area (Å²) < 4.78 is 4.68. The van der Waals surface area contributed by atoms with Gasteiger partial charge in [0.25, 0.3) is 0 Å². The van der Waals surface area contributed by atoms with Crippen LogP contribution >= 0.6 is 0 Å². The van der Waals surface area contributed by atoms with Crippen LogP contribution in [0.3, 0.4) is 0 Å². The monoisotopic (exact) mass is 265 g/mol. The summed E-state index contributed by atoms with van der Waals surface area (Å²) in [6.45, 7) is 4.79. The van der Waals surface area contributed by atoms with E-state index in [9.17, 15) is 9.90 Å². The molecule has 2 atom stereocenters. The number of aliphatic hydroxyl groups excluding tert-OH is 1. The van der Waals surface area contributed by atoms with Gasteiger partial charge in [0.15, 0.2) is 0 Å². The molecule has 0 fully saturated rings. The van der Waals surface area contributed by atoms with Crippen molar-refractivity contribution in [3.63, 3.8) is 0 Å². The first kappa shape index (κ1) is 15.7. The predicted molar refractivity (Wildman–Crippen MR) is 74.9 cm³/mol. The average Bonchev–Trinajstić information content (AvgIpc) is 2.43. The Morgan fingerprint density at radius 2 is 2.00 bits per heavy atom. The van der Waals surface area contributed by atoms with Crippen molar-refractivity contribution in [3.05, 3.63) is 35.4 Å².